The Hall–Kier alpha value is -1.49. The average molecular weight is 256 g/mol. The van der Waals surface area contributed by atoms with Gasteiger partial charge in [0.25, 0.3) is 0 Å². The molecular formula is C13H18F2N2O. The van der Waals surface area contributed by atoms with Gasteiger partial charge in [0.1, 0.15) is 11.6 Å². The van der Waals surface area contributed by atoms with Crippen molar-refractivity contribution in [1.29, 1.82) is 0 Å². The van der Waals surface area contributed by atoms with Crippen LogP contribution in [0.2, 0.25) is 0 Å². The molecule has 0 saturated carbocycles. The van der Waals surface area contributed by atoms with Crippen LogP contribution in [-0.2, 0) is 4.79 Å². The molecule has 1 aromatic rings. The second-order valence-electron chi connectivity index (χ2n) is 4.40. The third kappa shape index (κ3) is 3.77. The van der Waals surface area contributed by atoms with E-state index in [-0.39, 0.29) is 23.1 Å². The van der Waals surface area contributed by atoms with Gasteiger partial charge in [-0.15, -0.1) is 0 Å². The van der Waals surface area contributed by atoms with Crippen LogP contribution in [-0.4, -0.2) is 12.5 Å². The van der Waals surface area contributed by atoms with Crippen LogP contribution in [0.4, 0.5) is 14.5 Å². The van der Waals surface area contributed by atoms with Gasteiger partial charge in [-0.3, -0.25) is 4.79 Å². The van der Waals surface area contributed by atoms with Crippen LogP contribution in [0.5, 0.6) is 0 Å². The van der Waals surface area contributed by atoms with Crippen LogP contribution in [0, 0.1) is 24.5 Å². The van der Waals surface area contributed by atoms with Gasteiger partial charge in [0, 0.05) is 12.0 Å². The number of carbonyl (C=O) groups excluding carboxylic acids is 1. The van der Waals surface area contributed by atoms with Gasteiger partial charge >= 0.3 is 0 Å². The first kappa shape index (κ1) is 14.6. The first-order valence-corrected chi connectivity index (χ1v) is 5.92. The Bertz CT molecular complexity index is 435. The molecule has 0 heterocycles. The number of rotatable bonds is 5. The van der Waals surface area contributed by atoms with Crippen molar-refractivity contribution in [3.05, 3.63) is 29.3 Å². The zero-order chi connectivity index (χ0) is 13.7. The number of benzene rings is 1. The van der Waals surface area contributed by atoms with E-state index in [0.29, 0.717) is 13.0 Å². The number of nitrogens with one attached hydrogen (secondary N) is 1. The number of anilines is 1. The minimum Gasteiger partial charge on any atom is -0.330 e. The van der Waals surface area contributed by atoms with Crippen LogP contribution in [0.1, 0.15) is 25.3 Å². The fourth-order valence-corrected chi connectivity index (χ4v) is 1.55. The number of aryl methyl sites for hydroxylation is 1. The monoisotopic (exact) mass is 256 g/mol. The maximum Gasteiger partial charge on any atom is 0.227 e. The molecule has 1 rings (SSSR count). The van der Waals surface area contributed by atoms with Crippen LogP contribution < -0.4 is 11.1 Å². The number of hydrogen-bond acceptors (Lipinski definition) is 2. The van der Waals surface area contributed by atoms with Gasteiger partial charge in [0.2, 0.25) is 5.91 Å². The summed E-state index contributed by atoms with van der Waals surface area (Å²) in [4.78, 5) is 11.7. The standard InChI is InChI=1S/C13H18F2N2O/c1-8(4-3-5-16)13(18)17-12-7-10(14)9(2)6-11(12)15/h6-8H,3-5,16H2,1-2H3,(H,17,18). The highest BCUT2D eigenvalue weighted by Crippen LogP contribution is 2.20. The lowest BCUT2D eigenvalue weighted by atomic mass is 10.0. The minimum absolute atomic E-state index is 0.123. The van der Waals surface area contributed by atoms with Crippen molar-refractivity contribution >= 4 is 11.6 Å². The van der Waals surface area contributed by atoms with Gasteiger partial charge in [-0.25, -0.2) is 8.78 Å². The summed E-state index contributed by atoms with van der Waals surface area (Å²) in [7, 11) is 0. The lowest BCUT2D eigenvalue weighted by Crippen LogP contribution is -2.22. The Balaban J connectivity index is 2.72. The summed E-state index contributed by atoms with van der Waals surface area (Å²) in [5, 5.41) is 2.39. The first-order chi connectivity index (χ1) is 8.45. The molecule has 3 N–H and O–H groups in total. The predicted octanol–water partition coefficient (Wildman–Crippen LogP) is 2.59. The molecule has 0 fully saturated rings. The molecule has 0 saturated heterocycles. The summed E-state index contributed by atoms with van der Waals surface area (Å²) in [6, 6.07) is 2.06. The van der Waals surface area contributed by atoms with Crippen LogP contribution >= 0.6 is 0 Å². The van der Waals surface area contributed by atoms with Crippen LogP contribution in [0.15, 0.2) is 12.1 Å². The molecule has 0 bridgehead atoms. The van der Waals surface area contributed by atoms with Crippen molar-refractivity contribution in [3.8, 4) is 0 Å². The quantitative estimate of drug-likeness (QED) is 0.850. The topological polar surface area (TPSA) is 55.1 Å². The number of carbonyl (C=O) groups is 1. The minimum atomic E-state index is -0.631. The molecular weight excluding hydrogens is 238 g/mol. The fourth-order valence-electron chi connectivity index (χ4n) is 1.55. The fraction of sp³-hybridized carbons (Fsp3) is 0.462. The highest BCUT2D eigenvalue weighted by molar-refractivity contribution is 5.92. The van der Waals surface area contributed by atoms with E-state index >= 15 is 0 Å². The molecule has 100 valence electrons. The molecule has 18 heavy (non-hydrogen) atoms. The van der Waals surface area contributed by atoms with Crippen LogP contribution in [0.3, 0.4) is 0 Å². The van der Waals surface area contributed by atoms with E-state index in [1.165, 1.54) is 6.92 Å². The molecule has 1 aromatic carbocycles. The van der Waals surface area contributed by atoms with E-state index in [1.54, 1.807) is 6.92 Å². The van der Waals surface area contributed by atoms with Gasteiger partial charge in [-0.05, 0) is 37.9 Å². The van der Waals surface area contributed by atoms with E-state index in [0.717, 1.165) is 18.6 Å². The smallest absolute Gasteiger partial charge is 0.227 e. The van der Waals surface area contributed by atoms with E-state index in [4.69, 9.17) is 5.73 Å². The van der Waals surface area contributed by atoms with Gasteiger partial charge in [-0.2, -0.15) is 0 Å². The molecule has 0 radical (unpaired) electrons. The Morgan fingerprint density at radius 3 is 2.67 bits per heavy atom. The van der Waals surface area contributed by atoms with E-state index in [9.17, 15) is 13.6 Å². The summed E-state index contributed by atoms with van der Waals surface area (Å²) < 4.78 is 26.8. The van der Waals surface area contributed by atoms with E-state index in [1.807, 2.05) is 0 Å². The van der Waals surface area contributed by atoms with Gasteiger partial charge in [-0.1, -0.05) is 6.92 Å². The highest BCUT2D eigenvalue weighted by Gasteiger charge is 2.15. The first-order valence-electron chi connectivity index (χ1n) is 5.92. The molecule has 0 spiro atoms. The molecule has 5 heteroatoms. The lowest BCUT2D eigenvalue weighted by molar-refractivity contribution is -0.119. The Labute approximate surface area is 105 Å². The highest BCUT2D eigenvalue weighted by atomic mass is 19.1. The molecule has 0 aliphatic heterocycles. The maximum atomic E-state index is 13.5. The van der Waals surface area contributed by atoms with Crippen molar-refractivity contribution in [1.82, 2.24) is 0 Å². The SMILES string of the molecule is Cc1cc(F)c(NC(=O)C(C)CCCN)cc1F. The maximum absolute atomic E-state index is 13.5. The summed E-state index contributed by atoms with van der Waals surface area (Å²) in [5.74, 6) is -1.78. The summed E-state index contributed by atoms with van der Waals surface area (Å²) in [5.41, 5.74) is 5.44. The molecule has 1 unspecified atom stereocenters. The second kappa shape index (κ2) is 6.44. The van der Waals surface area contributed by atoms with Crippen molar-refractivity contribution in [2.75, 3.05) is 11.9 Å². The number of hydrogen-bond donors (Lipinski definition) is 2. The largest absolute Gasteiger partial charge is 0.330 e. The summed E-state index contributed by atoms with van der Waals surface area (Å²) in [6.45, 7) is 3.70. The Kier molecular flexibility index (Phi) is 5.22. The number of nitrogens with two attached hydrogens (primary N) is 1. The molecule has 0 aliphatic carbocycles. The van der Waals surface area contributed by atoms with Gasteiger partial charge in [0.15, 0.2) is 0 Å². The molecule has 0 aliphatic rings. The van der Waals surface area contributed by atoms with Crippen molar-refractivity contribution in [2.45, 2.75) is 26.7 Å². The molecule has 1 atom stereocenters. The van der Waals surface area contributed by atoms with Crippen molar-refractivity contribution in [2.24, 2.45) is 11.7 Å². The average Bonchev–Trinajstić information content (AvgIpc) is 2.32. The zero-order valence-corrected chi connectivity index (χ0v) is 10.6. The third-order valence-electron chi connectivity index (χ3n) is 2.80. The number of halogens is 2. The zero-order valence-electron chi connectivity index (χ0n) is 10.6. The second-order valence-corrected chi connectivity index (χ2v) is 4.40. The van der Waals surface area contributed by atoms with Gasteiger partial charge in [0.05, 0.1) is 5.69 Å². The predicted molar refractivity (Wildman–Crippen MR) is 67.2 cm³/mol. The lowest BCUT2D eigenvalue weighted by Gasteiger charge is -2.12. The summed E-state index contributed by atoms with van der Waals surface area (Å²) in [6.07, 6.45) is 1.34. The van der Waals surface area contributed by atoms with Crippen molar-refractivity contribution < 1.29 is 13.6 Å². The van der Waals surface area contributed by atoms with E-state index in [2.05, 4.69) is 5.32 Å². The Morgan fingerprint density at radius 2 is 2.06 bits per heavy atom. The molecule has 1 amide bonds. The molecule has 0 aromatic heterocycles. The number of amides is 1. The normalized spacial score (nSPS) is 12.3. The van der Waals surface area contributed by atoms with E-state index < -0.39 is 11.6 Å². The van der Waals surface area contributed by atoms with Crippen molar-refractivity contribution in [3.63, 3.8) is 0 Å². The van der Waals surface area contributed by atoms with Gasteiger partial charge < -0.3 is 11.1 Å². The Morgan fingerprint density at radius 1 is 1.39 bits per heavy atom. The summed E-state index contributed by atoms with van der Waals surface area (Å²) >= 11 is 0. The third-order valence-corrected chi connectivity index (χ3v) is 2.80. The van der Waals surface area contributed by atoms with Crippen LogP contribution in [0.25, 0.3) is 0 Å². The molecule has 3 nitrogen and oxygen atoms in total.